The Balaban J connectivity index is 1.67. The number of carbonyl (C=O) groups excluding carboxylic acids is 2. The number of fused-ring (bicyclic) bond motifs is 1. The van der Waals surface area contributed by atoms with Gasteiger partial charge in [-0.05, 0) is 31.9 Å². The topological polar surface area (TPSA) is 87.5 Å². The molecule has 0 unspecified atom stereocenters. The van der Waals surface area contributed by atoms with Crippen molar-refractivity contribution in [3.63, 3.8) is 0 Å². The summed E-state index contributed by atoms with van der Waals surface area (Å²) >= 11 is 1.28. The van der Waals surface area contributed by atoms with E-state index in [0.29, 0.717) is 17.4 Å². The fraction of sp³-hybridized carbons (Fsp3) is 0.421. The first kappa shape index (κ1) is 19.4. The summed E-state index contributed by atoms with van der Waals surface area (Å²) in [4.78, 5) is 30.9. The van der Waals surface area contributed by atoms with Crippen LogP contribution in [-0.4, -0.2) is 44.8 Å². The van der Waals surface area contributed by atoms with Crippen LogP contribution in [0, 0.1) is 0 Å². The highest BCUT2D eigenvalue weighted by atomic mass is 32.2. The number of aliphatic hydroxyl groups excluding tert-OH is 1. The van der Waals surface area contributed by atoms with Gasteiger partial charge in [-0.3, -0.25) is 9.59 Å². The first-order chi connectivity index (χ1) is 13.0. The molecule has 27 heavy (non-hydrogen) atoms. The number of nitrogens with one attached hydrogen (secondary N) is 1. The van der Waals surface area contributed by atoms with E-state index < -0.39 is 0 Å². The zero-order chi connectivity index (χ0) is 19.4. The van der Waals surface area contributed by atoms with E-state index in [0.717, 1.165) is 12.1 Å². The molecule has 2 aromatic rings. The standard InChI is InChI=1S/C19H24N4O3S/c1-13(2)21-17(25)10-23-15(11-24)9-20-19(23)27-12-18(26)22-8-7-14-5-3-4-6-16(14)22/h3-6,9,13,24H,7-8,10-12H2,1-2H3,(H,21,25). The summed E-state index contributed by atoms with van der Waals surface area (Å²) in [6, 6.07) is 7.96. The maximum atomic E-state index is 12.7. The molecule has 7 nitrogen and oxygen atoms in total. The van der Waals surface area contributed by atoms with Crippen molar-refractivity contribution in [2.45, 2.75) is 44.6 Å². The fourth-order valence-corrected chi connectivity index (χ4v) is 3.99. The lowest BCUT2D eigenvalue weighted by Crippen LogP contribution is -2.33. The van der Waals surface area contributed by atoms with Crippen LogP contribution in [0.2, 0.25) is 0 Å². The molecule has 1 aromatic carbocycles. The van der Waals surface area contributed by atoms with E-state index in [1.54, 1.807) is 15.7 Å². The van der Waals surface area contributed by atoms with Crippen molar-refractivity contribution in [3.8, 4) is 0 Å². The maximum absolute atomic E-state index is 12.7. The fourth-order valence-electron chi connectivity index (χ4n) is 3.12. The number of nitrogens with zero attached hydrogens (tertiary/aromatic N) is 3. The molecule has 0 radical (unpaired) electrons. The van der Waals surface area contributed by atoms with Crippen LogP contribution in [0.4, 0.5) is 5.69 Å². The van der Waals surface area contributed by atoms with Crippen LogP contribution >= 0.6 is 11.8 Å². The third-order valence-corrected chi connectivity index (χ3v) is 5.30. The number of para-hydroxylation sites is 1. The Bertz CT molecular complexity index is 834. The first-order valence-electron chi connectivity index (χ1n) is 8.95. The highest BCUT2D eigenvalue weighted by Crippen LogP contribution is 2.29. The van der Waals surface area contributed by atoms with Crippen LogP contribution in [-0.2, 0) is 29.2 Å². The molecule has 2 heterocycles. The number of anilines is 1. The van der Waals surface area contributed by atoms with Gasteiger partial charge in [0.15, 0.2) is 5.16 Å². The molecule has 0 saturated heterocycles. The molecule has 8 heteroatoms. The summed E-state index contributed by atoms with van der Waals surface area (Å²) in [6.07, 6.45) is 2.41. The van der Waals surface area contributed by atoms with E-state index in [9.17, 15) is 14.7 Å². The molecule has 1 aliphatic heterocycles. The number of thioether (sulfide) groups is 1. The number of benzene rings is 1. The Morgan fingerprint density at radius 1 is 1.33 bits per heavy atom. The van der Waals surface area contributed by atoms with Crippen molar-refractivity contribution < 1.29 is 14.7 Å². The van der Waals surface area contributed by atoms with E-state index in [-0.39, 0.29) is 36.8 Å². The first-order valence-corrected chi connectivity index (χ1v) is 9.94. The Kier molecular flexibility index (Phi) is 6.18. The Morgan fingerprint density at radius 2 is 2.11 bits per heavy atom. The molecule has 3 rings (SSSR count). The number of imidazole rings is 1. The average Bonchev–Trinajstić information content (AvgIpc) is 3.23. The van der Waals surface area contributed by atoms with Gasteiger partial charge in [0.25, 0.3) is 0 Å². The number of amides is 2. The summed E-state index contributed by atoms with van der Waals surface area (Å²) in [5.41, 5.74) is 2.71. The largest absolute Gasteiger partial charge is 0.390 e. The van der Waals surface area contributed by atoms with E-state index >= 15 is 0 Å². The monoisotopic (exact) mass is 388 g/mol. The predicted octanol–water partition coefficient (Wildman–Crippen LogP) is 1.58. The molecule has 0 atom stereocenters. The van der Waals surface area contributed by atoms with Gasteiger partial charge in [-0.2, -0.15) is 0 Å². The highest BCUT2D eigenvalue weighted by Gasteiger charge is 2.24. The molecule has 0 saturated carbocycles. The van der Waals surface area contributed by atoms with Gasteiger partial charge >= 0.3 is 0 Å². The van der Waals surface area contributed by atoms with Gasteiger partial charge in [0, 0.05) is 18.3 Å². The zero-order valence-electron chi connectivity index (χ0n) is 15.5. The lowest BCUT2D eigenvalue weighted by Gasteiger charge is -2.17. The smallest absolute Gasteiger partial charge is 0.240 e. The van der Waals surface area contributed by atoms with Crippen molar-refractivity contribution >= 4 is 29.3 Å². The zero-order valence-corrected chi connectivity index (χ0v) is 16.3. The summed E-state index contributed by atoms with van der Waals surface area (Å²) in [5, 5.41) is 12.9. The molecular weight excluding hydrogens is 364 g/mol. The van der Waals surface area contributed by atoms with Crippen LogP contribution in [0.1, 0.15) is 25.1 Å². The molecule has 2 N–H and O–H groups in total. The van der Waals surface area contributed by atoms with Gasteiger partial charge in [0.05, 0.1) is 24.3 Å². The lowest BCUT2D eigenvalue weighted by molar-refractivity contribution is -0.122. The van der Waals surface area contributed by atoms with Gasteiger partial charge in [-0.15, -0.1) is 0 Å². The van der Waals surface area contributed by atoms with Crippen molar-refractivity contribution in [1.82, 2.24) is 14.9 Å². The van der Waals surface area contributed by atoms with E-state index in [1.807, 2.05) is 38.1 Å². The van der Waals surface area contributed by atoms with Crippen LogP contribution in [0.3, 0.4) is 0 Å². The molecule has 0 aliphatic carbocycles. The number of aliphatic hydroxyl groups is 1. The molecule has 1 aliphatic rings. The Labute approximate surface area is 162 Å². The van der Waals surface area contributed by atoms with E-state index in [2.05, 4.69) is 10.3 Å². The van der Waals surface area contributed by atoms with E-state index in [4.69, 9.17) is 0 Å². The van der Waals surface area contributed by atoms with Crippen LogP contribution < -0.4 is 10.2 Å². The van der Waals surface area contributed by atoms with Crippen LogP contribution in [0.25, 0.3) is 0 Å². The minimum Gasteiger partial charge on any atom is -0.390 e. The van der Waals surface area contributed by atoms with E-state index in [1.165, 1.54) is 17.3 Å². The maximum Gasteiger partial charge on any atom is 0.240 e. The summed E-state index contributed by atoms with van der Waals surface area (Å²) < 4.78 is 1.66. The SMILES string of the molecule is CC(C)NC(=O)Cn1c(CO)cnc1SCC(=O)N1CCc2ccccc21. The number of hydrogen-bond acceptors (Lipinski definition) is 5. The van der Waals surface area contributed by atoms with Crippen molar-refractivity contribution in [2.75, 3.05) is 17.2 Å². The number of rotatable bonds is 7. The molecule has 0 spiro atoms. The molecule has 2 amide bonds. The van der Waals surface area contributed by atoms with Crippen LogP contribution in [0.5, 0.6) is 0 Å². The highest BCUT2D eigenvalue weighted by molar-refractivity contribution is 7.99. The molecule has 0 bridgehead atoms. The molecule has 1 aromatic heterocycles. The number of carbonyl (C=O) groups is 2. The van der Waals surface area contributed by atoms with Gasteiger partial charge in [-0.1, -0.05) is 30.0 Å². The van der Waals surface area contributed by atoms with Gasteiger partial charge in [0.2, 0.25) is 11.8 Å². The molecular formula is C19H24N4O3S. The van der Waals surface area contributed by atoms with Crippen molar-refractivity contribution in [1.29, 1.82) is 0 Å². The van der Waals surface area contributed by atoms with Crippen LogP contribution in [0.15, 0.2) is 35.6 Å². The van der Waals surface area contributed by atoms with Gasteiger partial charge in [0.1, 0.15) is 6.54 Å². The lowest BCUT2D eigenvalue weighted by atomic mass is 10.2. The normalized spacial score (nSPS) is 13.1. The Morgan fingerprint density at radius 3 is 2.85 bits per heavy atom. The minimum atomic E-state index is -0.212. The van der Waals surface area contributed by atoms with Crippen molar-refractivity contribution in [2.24, 2.45) is 0 Å². The summed E-state index contributed by atoms with van der Waals surface area (Å²) in [6.45, 7) is 4.32. The predicted molar refractivity (Wildman–Crippen MR) is 105 cm³/mol. The summed E-state index contributed by atoms with van der Waals surface area (Å²) in [5.74, 6) is 0.0817. The quantitative estimate of drug-likeness (QED) is 0.703. The third kappa shape index (κ3) is 4.51. The second-order valence-corrected chi connectivity index (χ2v) is 7.65. The van der Waals surface area contributed by atoms with Gasteiger partial charge in [-0.25, -0.2) is 4.98 Å². The number of hydrogen-bond donors (Lipinski definition) is 2. The van der Waals surface area contributed by atoms with Gasteiger partial charge < -0.3 is 19.9 Å². The summed E-state index contributed by atoms with van der Waals surface area (Å²) in [7, 11) is 0. The second-order valence-electron chi connectivity index (χ2n) is 6.71. The number of aromatic nitrogens is 2. The van der Waals surface area contributed by atoms with Crippen molar-refractivity contribution in [3.05, 3.63) is 41.7 Å². The Hall–Kier alpha value is -2.32. The molecule has 144 valence electrons. The minimum absolute atomic E-state index is 0.0108. The third-order valence-electron chi connectivity index (χ3n) is 4.33. The molecule has 0 fully saturated rings. The average molecular weight is 388 g/mol. The second kappa shape index (κ2) is 8.58.